The number of carbonyl (C=O) groups excluding carboxylic acids is 1. The Morgan fingerprint density at radius 1 is 1.23 bits per heavy atom. The third-order valence-corrected chi connectivity index (χ3v) is 6.21. The van der Waals surface area contributed by atoms with E-state index in [0.29, 0.717) is 0 Å². The zero-order valence-corrected chi connectivity index (χ0v) is 17.1. The molecule has 3 rings (SSSR count). The molecule has 1 aromatic heterocycles. The van der Waals surface area contributed by atoms with Crippen molar-refractivity contribution in [2.75, 3.05) is 6.54 Å². The molecule has 0 bridgehead atoms. The molecular weight excluding hydrogens is 435 g/mol. The number of pyridine rings is 1. The van der Waals surface area contributed by atoms with Gasteiger partial charge in [0.25, 0.3) is 11.5 Å². The minimum Gasteiger partial charge on any atom is -0.406 e. The monoisotopic (exact) mass is 455 g/mol. The van der Waals surface area contributed by atoms with Gasteiger partial charge in [-0.25, -0.2) is 8.99 Å². The van der Waals surface area contributed by atoms with Gasteiger partial charge in [-0.05, 0) is 61.6 Å². The van der Waals surface area contributed by atoms with Crippen LogP contribution in [-0.4, -0.2) is 28.0 Å². The highest BCUT2D eigenvalue weighted by Crippen LogP contribution is 2.24. The van der Waals surface area contributed by atoms with Crippen LogP contribution in [0.25, 0.3) is 0 Å². The molecule has 31 heavy (non-hydrogen) atoms. The molecule has 1 heterocycles. The van der Waals surface area contributed by atoms with Crippen molar-refractivity contribution in [2.45, 2.75) is 36.9 Å². The Kier molecular flexibility index (Phi) is 6.54. The maximum atomic E-state index is 12.5. The molecule has 7 nitrogen and oxygen atoms in total. The molecule has 1 aromatic carbocycles. The fourth-order valence-electron chi connectivity index (χ4n) is 3.20. The molecule has 3 N–H and O–H groups in total. The largest absolute Gasteiger partial charge is 0.573 e. The Morgan fingerprint density at radius 3 is 2.58 bits per heavy atom. The molecule has 1 unspecified atom stereocenters. The first-order valence-electron chi connectivity index (χ1n) is 9.40. The standard InChI is InChI=1S/C20H20F3N3O4S/c21-20(22,23)30-14-6-8-15(9-7-14)31(24,29)11-3-10-25-18(27)16-12-13-4-1-2-5-17(13)26-19(16)28/h3,6-9,11-12,24H,1-2,4-5,10H2,(H,25,27)(H,26,28)/b11-3+. The molecule has 0 saturated carbocycles. The van der Waals surface area contributed by atoms with E-state index in [1.165, 1.54) is 6.08 Å². The molecule has 1 aliphatic rings. The lowest BCUT2D eigenvalue weighted by Gasteiger charge is -2.15. The van der Waals surface area contributed by atoms with Gasteiger partial charge in [0, 0.05) is 17.6 Å². The van der Waals surface area contributed by atoms with Gasteiger partial charge in [-0.1, -0.05) is 6.08 Å². The molecule has 0 spiro atoms. The zero-order valence-electron chi connectivity index (χ0n) is 16.3. The number of hydrogen-bond donors (Lipinski definition) is 3. The Labute approximate surface area is 176 Å². The van der Waals surface area contributed by atoms with E-state index in [0.717, 1.165) is 66.6 Å². The Hall–Kier alpha value is -3.08. The number of fused-ring (bicyclic) bond motifs is 1. The number of H-pyrrole nitrogens is 1. The SMILES string of the molecule is N=S(=O)(/C=C/CNC(=O)c1cc2c([nH]c1=O)CCCC2)c1ccc(OC(F)(F)F)cc1. The second-order valence-corrected chi connectivity index (χ2v) is 8.87. The summed E-state index contributed by atoms with van der Waals surface area (Å²) in [6.07, 6.45) is -0.00806. The molecule has 1 amide bonds. The maximum Gasteiger partial charge on any atom is 0.573 e. The number of halogens is 3. The lowest BCUT2D eigenvalue weighted by atomic mass is 9.95. The van der Waals surface area contributed by atoms with E-state index >= 15 is 0 Å². The van der Waals surface area contributed by atoms with Gasteiger partial charge < -0.3 is 15.0 Å². The number of aromatic nitrogens is 1. The minimum absolute atomic E-state index is 0.0130. The van der Waals surface area contributed by atoms with Gasteiger partial charge in [0.2, 0.25) is 0 Å². The number of alkyl halides is 3. The number of benzene rings is 1. The van der Waals surface area contributed by atoms with Crippen LogP contribution in [0.3, 0.4) is 0 Å². The van der Waals surface area contributed by atoms with Crippen LogP contribution in [0.1, 0.15) is 34.5 Å². The molecule has 166 valence electrons. The molecule has 1 atom stereocenters. The number of rotatable bonds is 6. The number of nitrogens with one attached hydrogen (secondary N) is 3. The van der Waals surface area contributed by atoms with Crippen molar-refractivity contribution >= 4 is 15.6 Å². The van der Waals surface area contributed by atoms with E-state index in [-0.39, 0.29) is 17.0 Å². The molecule has 1 aliphatic carbocycles. The van der Waals surface area contributed by atoms with Gasteiger partial charge in [0.05, 0.1) is 14.6 Å². The van der Waals surface area contributed by atoms with Gasteiger partial charge in [0.1, 0.15) is 11.3 Å². The second kappa shape index (κ2) is 8.96. The lowest BCUT2D eigenvalue weighted by molar-refractivity contribution is -0.274. The Bertz CT molecular complexity index is 1150. The van der Waals surface area contributed by atoms with Crippen LogP contribution in [0.15, 0.2) is 51.5 Å². The highest BCUT2D eigenvalue weighted by Gasteiger charge is 2.31. The molecule has 0 fully saturated rings. The molecular formula is C20H20F3N3O4S. The van der Waals surface area contributed by atoms with E-state index in [2.05, 4.69) is 15.0 Å². The van der Waals surface area contributed by atoms with E-state index in [4.69, 9.17) is 4.78 Å². The Balaban J connectivity index is 1.61. The highest BCUT2D eigenvalue weighted by molar-refractivity contribution is 7.95. The summed E-state index contributed by atoms with van der Waals surface area (Å²) in [6.45, 7) is -0.0828. The molecule has 0 saturated heterocycles. The van der Waals surface area contributed by atoms with Gasteiger partial charge in [-0.3, -0.25) is 9.59 Å². The van der Waals surface area contributed by atoms with Gasteiger partial charge in [-0.2, -0.15) is 0 Å². The van der Waals surface area contributed by atoms with Gasteiger partial charge in [-0.15, -0.1) is 13.2 Å². The van der Waals surface area contributed by atoms with Crippen molar-refractivity contribution in [2.24, 2.45) is 0 Å². The van der Waals surface area contributed by atoms with Crippen molar-refractivity contribution in [3.63, 3.8) is 0 Å². The third kappa shape index (κ3) is 5.97. The van der Waals surface area contributed by atoms with Crippen molar-refractivity contribution < 1.29 is 26.9 Å². The summed E-state index contributed by atoms with van der Waals surface area (Å²) >= 11 is 0. The van der Waals surface area contributed by atoms with Gasteiger partial charge >= 0.3 is 6.36 Å². The van der Waals surface area contributed by atoms with E-state index in [9.17, 15) is 27.0 Å². The van der Waals surface area contributed by atoms with Crippen molar-refractivity contribution in [3.8, 4) is 5.75 Å². The van der Waals surface area contributed by atoms with Crippen LogP contribution in [-0.2, 0) is 22.6 Å². The van der Waals surface area contributed by atoms with Crippen molar-refractivity contribution in [1.82, 2.24) is 10.3 Å². The van der Waals surface area contributed by atoms with Crippen molar-refractivity contribution in [3.05, 3.63) is 69.0 Å². The average molecular weight is 455 g/mol. The van der Waals surface area contributed by atoms with E-state index < -0.39 is 33.3 Å². The summed E-state index contributed by atoms with van der Waals surface area (Å²) in [6, 6.07) is 5.73. The summed E-state index contributed by atoms with van der Waals surface area (Å²) in [7, 11) is -3.44. The van der Waals surface area contributed by atoms with Crippen LogP contribution in [0.5, 0.6) is 5.75 Å². The number of aromatic amines is 1. The predicted octanol–water partition coefficient (Wildman–Crippen LogP) is 3.50. The smallest absolute Gasteiger partial charge is 0.406 e. The van der Waals surface area contributed by atoms with E-state index in [1.807, 2.05) is 0 Å². The lowest BCUT2D eigenvalue weighted by Crippen LogP contribution is -2.31. The summed E-state index contributed by atoms with van der Waals surface area (Å²) < 4.78 is 60.7. The minimum atomic E-state index is -4.85. The van der Waals surface area contributed by atoms with Crippen LogP contribution in [0, 0.1) is 4.78 Å². The summed E-state index contributed by atoms with van der Waals surface area (Å²) in [4.78, 5) is 27.2. The van der Waals surface area contributed by atoms with Crippen molar-refractivity contribution in [1.29, 1.82) is 4.78 Å². The van der Waals surface area contributed by atoms with Crippen LogP contribution in [0.4, 0.5) is 13.2 Å². The number of aryl methyl sites for hydroxylation is 2. The number of amides is 1. The predicted molar refractivity (Wildman–Crippen MR) is 107 cm³/mol. The molecule has 0 aliphatic heterocycles. The quantitative estimate of drug-likeness (QED) is 0.619. The number of hydrogen-bond acceptors (Lipinski definition) is 5. The van der Waals surface area contributed by atoms with Gasteiger partial charge in [0.15, 0.2) is 0 Å². The first kappa shape index (κ1) is 22.6. The molecule has 11 heteroatoms. The van der Waals surface area contributed by atoms with Crippen LogP contribution >= 0.6 is 0 Å². The molecule has 0 radical (unpaired) electrons. The maximum absolute atomic E-state index is 12.5. The zero-order chi connectivity index (χ0) is 22.6. The fourth-order valence-corrected chi connectivity index (χ4v) is 4.26. The fraction of sp³-hybridized carbons (Fsp3) is 0.300. The van der Waals surface area contributed by atoms with E-state index in [1.54, 1.807) is 6.07 Å². The Morgan fingerprint density at radius 2 is 1.90 bits per heavy atom. The molecule has 2 aromatic rings. The second-order valence-electron chi connectivity index (χ2n) is 6.92. The summed E-state index contributed by atoms with van der Waals surface area (Å²) in [5.74, 6) is -1.08. The highest BCUT2D eigenvalue weighted by atomic mass is 32.2. The third-order valence-electron chi connectivity index (χ3n) is 4.66. The first-order valence-corrected chi connectivity index (χ1v) is 11.0. The summed E-state index contributed by atoms with van der Waals surface area (Å²) in [5, 5.41) is 3.55. The number of ether oxygens (including phenoxy) is 1. The average Bonchev–Trinajstić information content (AvgIpc) is 2.69. The topological polar surface area (TPSA) is 112 Å². The normalized spacial score (nSPS) is 15.8. The van der Waals surface area contributed by atoms with Crippen LogP contribution in [0.2, 0.25) is 0 Å². The summed E-state index contributed by atoms with van der Waals surface area (Å²) in [5.41, 5.74) is 1.31. The number of carbonyl (C=O) groups is 1. The first-order chi connectivity index (χ1) is 14.5. The van der Waals surface area contributed by atoms with Crippen LogP contribution < -0.4 is 15.6 Å².